The van der Waals surface area contributed by atoms with Crippen LogP contribution < -0.4 is 5.32 Å². The third-order valence-electron chi connectivity index (χ3n) is 2.82. The highest BCUT2D eigenvalue weighted by Gasteiger charge is 2.17. The molecule has 2 aromatic rings. The van der Waals surface area contributed by atoms with Gasteiger partial charge < -0.3 is 5.32 Å². The Hall–Kier alpha value is -0.420. The minimum atomic E-state index is -0.328. The zero-order valence-corrected chi connectivity index (χ0v) is 12.9. The van der Waals surface area contributed by atoms with E-state index in [2.05, 4.69) is 26.6 Å². The van der Waals surface area contributed by atoms with Gasteiger partial charge in [-0.1, -0.05) is 23.7 Å². The van der Waals surface area contributed by atoms with Crippen molar-refractivity contribution in [2.75, 3.05) is 7.05 Å². The molecule has 18 heavy (non-hydrogen) atoms. The van der Waals surface area contributed by atoms with Crippen LogP contribution in [0.1, 0.15) is 17.2 Å². The Labute approximate surface area is 123 Å². The van der Waals surface area contributed by atoms with Crippen molar-refractivity contribution in [3.63, 3.8) is 0 Å². The van der Waals surface area contributed by atoms with E-state index in [1.165, 1.54) is 0 Å². The second kappa shape index (κ2) is 6.15. The van der Waals surface area contributed by atoms with Gasteiger partial charge in [-0.25, -0.2) is 4.39 Å². The summed E-state index contributed by atoms with van der Waals surface area (Å²) in [5, 5.41) is 7.47. The molecular formula is C13H12BrClFNS. The average Bonchev–Trinajstić information content (AvgIpc) is 2.77. The lowest BCUT2D eigenvalue weighted by molar-refractivity contribution is 0.554. The summed E-state index contributed by atoms with van der Waals surface area (Å²) in [5.41, 5.74) is 1.77. The molecular weight excluding hydrogens is 337 g/mol. The fourth-order valence-corrected chi connectivity index (χ4v) is 3.66. The summed E-state index contributed by atoms with van der Waals surface area (Å²) in [4.78, 5) is 0. The largest absolute Gasteiger partial charge is 0.313 e. The number of hydrogen-bond acceptors (Lipinski definition) is 2. The second-order valence-electron chi connectivity index (χ2n) is 3.93. The van der Waals surface area contributed by atoms with Crippen LogP contribution in [0, 0.1) is 5.82 Å². The zero-order chi connectivity index (χ0) is 13.1. The molecule has 0 aliphatic heterocycles. The third-order valence-corrected chi connectivity index (χ3v) is 4.87. The quantitative estimate of drug-likeness (QED) is 0.836. The van der Waals surface area contributed by atoms with Crippen LogP contribution in [0.2, 0.25) is 5.02 Å². The van der Waals surface area contributed by atoms with E-state index in [-0.39, 0.29) is 16.9 Å². The Morgan fingerprint density at radius 2 is 2.22 bits per heavy atom. The van der Waals surface area contributed by atoms with Gasteiger partial charge in [-0.05, 0) is 52.0 Å². The van der Waals surface area contributed by atoms with Gasteiger partial charge in [-0.15, -0.1) is 0 Å². The molecule has 96 valence electrons. The summed E-state index contributed by atoms with van der Waals surface area (Å²) in [5.74, 6) is -0.328. The van der Waals surface area contributed by atoms with Gasteiger partial charge >= 0.3 is 0 Å². The van der Waals surface area contributed by atoms with Gasteiger partial charge in [0.1, 0.15) is 5.82 Å². The molecule has 1 atom stereocenters. The number of nitrogens with one attached hydrogen (secondary N) is 1. The van der Waals surface area contributed by atoms with Crippen LogP contribution in [0.5, 0.6) is 0 Å². The Bertz CT molecular complexity index is 544. The molecule has 0 saturated heterocycles. The number of hydrogen-bond donors (Lipinski definition) is 1. The van der Waals surface area contributed by atoms with Crippen molar-refractivity contribution in [2.24, 2.45) is 0 Å². The molecule has 1 unspecified atom stereocenters. The van der Waals surface area contributed by atoms with Crippen molar-refractivity contribution in [1.29, 1.82) is 0 Å². The Morgan fingerprint density at radius 3 is 2.83 bits per heavy atom. The molecule has 1 N–H and O–H groups in total. The molecule has 0 spiro atoms. The lowest BCUT2D eigenvalue weighted by Gasteiger charge is -2.16. The van der Waals surface area contributed by atoms with Crippen molar-refractivity contribution < 1.29 is 4.39 Å². The molecule has 0 amide bonds. The van der Waals surface area contributed by atoms with Crippen LogP contribution >= 0.6 is 38.9 Å². The summed E-state index contributed by atoms with van der Waals surface area (Å²) in [6.45, 7) is 0. The smallest absolute Gasteiger partial charge is 0.145 e. The summed E-state index contributed by atoms with van der Waals surface area (Å²) in [6, 6.07) is 5.18. The normalized spacial score (nSPS) is 12.7. The number of halogens is 3. The van der Waals surface area contributed by atoms with Crippen molar-refractivity contribution in [1.82, 2.24) is 5.32 Å². The first-order chi connectivity index (χ1) is 8.63. The summed E-state index contributed by atoms with van der Waals surface area (Å²) < 4.78 is 14.9. The van der Waals surface area contributed by atoms with Crippen molar-refractivity contribution in [3.05, 3.63) is 55.4 Å². The maximum Gasteiger partial charge on any atom is 0.145 e. The molecule has 0 radical (unpaired) electrons. The molecule has 0 fully saturated rings. The zero-order valence-electron chi connectivity index (χ0n) is 9.71. The first kappa shape index (κ1) is 14.0. The molecule has 2 rings (SSSR count). The molecule has 0 saturated carbocycles. The van der Waals surface area contributed by atoms with E-state index >= 15 is 0 Å². The van der Waals surface area contributed by atoms with Gasteiger partial charge in [-0.2, -0.15) is 11.3 Å². The minimum absolute atomic E-state index is 0.0681. The minimum Gasteiger partial charge on any atom is -0.313 e. The SMILES string of the molecule is CNC(Cc1cccc(Cl)c1F)c1cscc1Br. The molecule has 0 bridgehead atoms. The van der Waals surface area contributed by atoms with Gasteiger partial charge in [0, 0.05) is 15.9 Å². The second-order valence-corrected chi connectivity index (χ2v) is 5.94. The molecule has 5 heteroatoms. The number of likely N-dealkylation sites (N-methyl/N-ethyl adjacent to an activating group) is 1. The van der Waals surface area contributed by atoms with Gasteiger partial charge in [-0.3, -0.25) is 0 Å². The van der Waals surface area contributed by atoms with E-state index in [0.29, 0.717) is 12.0 Å². The number of rotatable bonds is 4. The fourth-order valence-electron chi connectivity index (χ4n) is 1.83. The third kappa shape index (κ3) is 2.94. The monoisotopic (exact) mass is 347 g/mol. The summed E-state index contributed by atoms with van der Waals surface area (Å²) in [6.07, 6.45) is 0.568. The average molecular weight is 349 g/mol. The maximum absolute atomic E-state index is 13.9. The van der Waals surface area contributed by atoms with Gasteiger partial charge in [0.2, 0.25) is 0 Å². The number of benzene rings is 1. The number of thiophene rings is 1. The van der Waals surface area contributed by atoms with Gasteiger partial charge in [0.15, 0.2) is 0 Å². The van der Waals surface area contributed by atoms with Crippen molar-refractivity contribution >= 4 is 38.9 Å². The lowest BCUT2D eigenvalue weighted by atomic mass is 10.0. The molecule has 1 aromatic carbocycles. The first-order valence-electron chi connectivity index (χ1n) is 5.45. The molecule has 0 aliphatic rings. The van der Waals surface area contributed by atoms with E-state index < -0.39 is 0 Å². The molecule has 1 heterocycles. The summed E-state index contributed by atoms with van der Waals surface area (Å²) >= 11 is 10.9. The molecule has 1 aromatic heterocycles. The summed E-state index contributed by atoms with van der Waals surface area (Å²) in [7, 11) is 1.87. The molecule has 0 aliphatic carbocycles. The Kier molecular flexibility index (Phi) is 4.78. The van der Waals surface area contributed by atoms with Crippen molar-refractivity contribution in [3.8, 4) is 0 Å². The van der Waals surface area contributed by atoms with Gasteiger partial charge in [0.05, 0.1) is 5.02 Å². The fraction of sp³-hybridized carbons (Fsp3) is 0.231. The van der Waals surface area contributed by atoms with E-state index in [1.54, 1.807) is 29.5 Å². The first-order valence-corrected chi connectivity index (χ1v) is 7.56. The predicted molar refractivity (Wildman–Crippen MR) is 78.9 cm³/mol. The van der Waals surface area contributed by atoms with Crippen LogP contribution in [0.4, 0.5) is 4.39 Å². The van der Waals surface area contributed by atoms with Crippen LogP contribution in [0.25, 0.3) is 0 Å². The predicted octanol–water partition coefficient (Wildman–Crippen LogP) is 4.81. The van der Waals surface area contributed by atoms with Crippen LogP contribution in [0.15, 0.2) is 33.4 Å². The Balaban J connectivity index is 2.26. The standard InChI is InChI=1S/C13H12BrClFNS/c1-17-12(9-6-18-7-10(9)14)5-8-3-2-4-11(15)13(8)16/h2-4,6-7,12,17H,5H2,1H3. The van der Waals surface area contributed by atoms with E-state index in [1.807, 2.05) is 12.4 Å². The van der Waals surface area contributed by atoms with Crippen LogP contribution in [-0.2, 0) is 6.42 Å². The van der Waals surface area contributed by atoms with Crippen LogP contribution in [0.3, 0.4) is 0 Å². The van der Waals surface area contributed by atoms with Crippen molar-refractivity contribution in [2.45, 2.75) is 12.5 Å². The maximum atomic E-state index is 13.9. The topological polar surface area (TPSA) is 12.0 Å². The van der Waals surface area contributed by atoms with E-state index in [4.69, 9.17) is 11.6 Å². The Morgan fingerprint density at radius 1 is 1.44 bits per heavy atom. The highest BCUT2D eigenvalue weighted by molar-refractivity contribution is 9.10. The highest BCUT2D eigenvalue weighted by Crippen LogP contribution is 2.30. The van der Waals surface area contributed by atoms with E-state index in [0.717, 1.165) is 10.0 Å². The van der Waals surface area contributed by atoms with Crippen LogP contribution in [-0.4, -0.2) is 7.05 Å². The van der Waals surface area contributed by atoms with E-state index in [9.17, 15) is 4.39 Å². The highest BCUT2D eigenvalue weighted by atomic mass is 79.9. The van der Waals surface area contributed by atoms with Gasteiger partial charge in [0.25, 0.3) is 0 Å². The molecule has 1 nitrogen and oxygen atoms in total. The lowest BCUT2D eigenvalue weighted by Crippen LogP contribution is -2.19.